The zero-order valence-electron chi connectivity index (χ0n) is 10.8. The second-order valence-corrected chi connectivity index (χ2v) is 9.87. The smallest absolute Gasteiger partial charge is 0.215 e. The highest BCUT2D eigenvalue weighted by Gasteiger charge is 2.37. The van der Waals surface area contributed by atoms with Gasteiger partial charge < -0.3 is 5.11 Å². The van der Waals surface area contributed by atoms with Crippen LogP contribution in [0.5, 0.6) is 0 Å². The lowest BCUT2D eigenvalue weighted by atomic mass is 9.88. The molecule has 19 heavy (non-hydrogen) atoms. The van der Waals surface area contributed by atoms with Gasteiger partial charge in [0, 0.05) is 6.54 Å². The van der Waals surface area contributed by atoms with Crippen LogP contribution in [0.3, 0.4) is 0 Å². The first-order valence-electron chi connectivity index (χ1n) is 6.65. The van der Waals surface area contributed by atoms with Gasteiger partial charge in [-0.2, -0.15) is 0 Å². The Kier molecular flexibility index (Phi) is 4.54. The molecule has 0 spiro atoms. The largest absolute Gasteiger partial charge is 0.393 e. The van der Waals surface area contributed by atoms with Gasteiger partial charge in [-0.05, 0) is 38.0 Å². The molecule has 2 aliphatic rings. The van der Waals surface area contributed by atoms with E-state index in [1.165, 1.54) is 0 Å². The molecule has 0 amide bonds. The minimum atomic E-state index is -3.54. The van der Waals surface area contributed by atoms with Gasteiger partial charge in [-0.3, -0.25) is 0 Å². The maximum atomic E-state index is 12.0. The zero-order chi connectivity index (χ0) is 14.1. The molecular weight excluding hydrogens is 290 g/mol. The molecule has 6 nitrogen and oxygen atoms in total. The van der Waals surface area contributed by atoms with Gasteiger partial charge in [0.2, 0.25) is 10.0 Å². The molecule has 0 bridgehead atoms. The third-order valence-electron chi connectivity index (χ3n) is 4.02. The van der Waals surface area contributed by atoms with Crippen LogP contribution in [0.4, 0.5) is 0 Å². The van der Waals surface area contributed by atoms with Gasteiger partial charge in [0.15, 0.2) is 9.84 Å². The molecule has 112 valence electrons. The van der Waals surface area contributed by atoms with Crippen molar-refractivity contribution in [3.05, 3.63) is 0 Å². The van der Waals surface area contributed by atoms with Gasteiger partial charge >= 0.3 is 0 Å². The summed E-state index contributed by atoms with van der Waals surface area (Å²) in [6, 6.07) is 0. The summed E-state index contributed by atoms with van der Waals surface area (Å²) in [4.78, 5) is 0. The molecule has 2 N–H and O–H groups in total. The van der Waals surface area contributed by atoms with E-state index >= 15 is 0 Å². The fourth-order valence-electron chi connectivity index (χ4n) is 2.71. The van der Waals surface area contributed by atoms with Crippen LogP contribution in [0.2, 0.25) is 0 Å². The Hall–Kier alpha value is -0.180. The van der Waals surface area contributed by atoms with Crippen molar-refractivity contribution in [2.45, 2.75) is 43.5 Å². The maximum absolute atomic E-state index is 12.0. The van der Waals surface area contributed by atoms with Crippen LogP contribution < -0.4 is 4.72 Å². The summed E-state index contributed by atoms with van der Waals surface area (Å²) in [5, 5.41) is 8.58. The van der Waals surface area contributed by atoms with Crippen molar-refractivity contribution in [1.29, 1.82) is 0 Å². The van der Waals surface area contributed by atoms with E-state index in [-0.39, 0.29) is 29.9 Å². The normalized spacial score (nSPS) is 35.3. The summed E-state index contributed by atoms with van der Waals surface area (Å²) < 4.78 is 49.2. The molecule has 2 fully saturated rings. The Labute approximate surface area is 114 Å². The lowest BCUT2D eigenvalue weighted by Crippen LogP contribution is -2.38. The fourth-order valence-corrected chi connectivity index (χ4v) is 6.87. The molecule has 0 aromatic rings. The van der Waals surface area contributed by atoms with Gasteiger partial charge in [-0.1, -0.05) is 0 Å². The van der Waals surface area contributed by atoms with E-state index in [0.29, 0.717) is 19.4 Å². The first-order chi connectivity index (χ1) is 8.78. The van der Waals surface area contributed by atoms with Crippen molar-refractivity contribution in [1.82, 2.24) is 4.72 Å². The molecule has 1 unspecified atom stereocenters. The zero-order valence-corrected chi connectivity index (χ0v) is 12.4. The average Bonchev–Trinajstić information content (AvgIpc) is 2.70. The van der Waals surface area contributed by atoms with Crippen molar-refractivity contribution in [2.75, 3.05) is 18.1 Å². The van der Waals surface area contributed by atoms with Crippen LogP contribution in [-0.4, -0.2) is 51.3 Å². The summed E-state index contributed by atoms with van der Waals surface area (Å²) in [7, 11) is -6.72. The Morgan fingerprint density at radius 1 is 1.11 bits per heavy atom. The quantitative estimate of drug-likeness (QED) is 0.739. The van der Waals surface area contributed by atoms with Crippen LogP contribution in [0.1, 0.15) is 32.1 Å². The van der Waals surface area contributed by atoms with E-state index in [1.807, 2.05) is 0 Å². The summed E-state index contributed by atoms with van der Waals surface area (Å²) in [5.41, 5.74) is 0. The number of hydrogen-bond donors (Lipinski definition) is 2. The number of nitrogens with one attached hydrogen (secondary N) is 1. The van der Waals surface area contributed by atoms with Crippen LogP contribution in [0.15, 0.2) is 0 Å². The molecule has 0 aromatic heterocycles. The van der Waals surface area contributed by atoms with E-state index in [0.717, 1.165) is 12.8 Å². The van der Waals surface area contributed by atoms with E-state index in [2.05, 4.69) is 4.72 Å². The monoisotopic (exact) mass is 311 g/mol. The third-order valence-corrected chi connectivity index (χ3v) is 7.85. The first kappa shape index (κ1) is 15.2. The summed E-state index contributed by atoms with van der Waals surface area (Å²) in [6.07, 6.45) is 2.99. The van der Waals surface area contributed by atoms with Crippen molar-refractivity contribution in [3.63, 3.8) is 0 Å². The van der Waals surface area contributed by atoms with Gasteiger partial charge in [-0.25, -0.2) is 21.6 Å². The molecule has 2 rings (SSSR count). The van der Waals surface area contributed by atoms with E-state index in [9.17, 15) is 21.9 Å². The van der Waals surface area contributed by atoms with Crippen molar-refractivity contribution < 1.29 is 21.9 Å². The van der Waals surface area contributed by atoms with Crippen molar-refractivity contribution >= 4 is 19.9 Å². The highest BCUT2D eigenvalue weighted by molar-refractivity contribution is 7.95. The van der Waals surface area contributed by atoms with Crippen molar-refractivity contribution in [3.8, 4) is 0 Å². The molecular formula is C11H21NO5S2. The number of hydrogen-bond acceptors (Lipinski definition) is 5. The van der Waals surface area contributed by atoms with E-state index in [4.69, 9.17) is 0 Å². The minimum Gasteiger partial charge on any atom is -0.393 e. The number of aliphatic hydroxyl groups excluding tert-OH is 1. The molecule has 0 aromatic carbocycles. The third kappa shape index (κ3) is 4.14. The molecule has 0 radical (unpaired) electrons. The summed E-state index contributed by atoms with van der Waals surface area (Å²) in [6.45, 7) is 0.353. The standard InChI is InChI=1S/C11H21NO5S2/c13-10-3-1-9(2-4-10)7-12-19(16,17)11-5-6-18(14,15)8-11/h9-13H,1-8H2. The Morgan fingerprint density at radius 2 is 1.74 bits per heavy atom. The van der Waals surface area contributed by atoms with E-state index in [1.54, 1.807) is 0 Å². The number of aliphatic hydroxyl groups is 1. The molecule has 1 aliphatic heterocycles. The molecule has 1 saturated carbocycles. The predicted octanol–water partition coefficient (Wildman–Crippen LogP) is -0.356. The molecule has 1 saturated heterocycles. The molecule has 1 atom stereocenters. The molecule has 1 heterocycles. The van der Waals surface area contributed by atoms with Gasteiger partial charge in [0.05, 0.1) is 22.9 Å². The second-order valence-electron chi connectivity index (χ2n) is 5.59. The topological polar surface area (TPSA) is 101 Å². The number of sulfone groups is 1. The Balaban J connectivity index is 1.85. The lowest BCUT2D eigenvalue weighted by Gasteiger charge is -2.25. The van der Waals surface area contributed by atoms with Crippen molar-refractivity contribution in [2.24, 2.45) is 5.92 Å². The van der Waals surface area contributed by atoms with Gasteiger partial charge in [0.25, 0.3) is 0 Å². The number of sulfonamides is 1. The first-order valence-corrected chi connectivity index (χ1v) is 10.0. The SMILES string of the molecule is O=S1(=O)CCC(S(=O)(=O)NCC2CCC(O)CC2)C1. The van der Waals surface area contributed by atoms with Crippen LogP contribution in [-0.2, 0) is 19.9 Å². The molecule has 1 aliphatic carbocycles. The fraction of sp³-hybridized carbons (Fsp3) is 1.00. The second kappa shape index (κ2) is 5.67. The Morgan fingerprint density at radius 3 is 2.26 bits per heavy atom. The maximum Gasteiger partial charge on any atom is 0.215 e. The molecule has 8 heteroatoms. The minimum absolute atomic E-state index is 0.0335. The average molecular weight is 311 g/mol. The highest BCUT2D eigenvalue weighted by atomic mass is 32.2. The highest BCUT2D eigenvalue weighted by Crippen LogP contribution is 2.24. The van der Waals surface area contributed by atoms with Crippen LogP contribution in [0.25, 0.3) is 0 Å². The summed E-state index contributed by atoms with van der Waals surface area (Å²) in [5.74, 6) is -0.0453. The summed E-state index contributed by atoms with van der Waals surface area (Å²) >= 11 is 0. The predicted molar refractivity (Wildman–Crippen MR) is 71.9 cm³/mol. The van der Waals surface area contributed by atoms with Gasteiger partial charge in [-0.15, -0.1) is 0 Å². The lowest BCUT2D eigenvalue weighted by molar-refractivity contribution is 0.109. The van der Waals surface area contributed by atoms with Gasteiger partial charge in [0.1, 0.15) is 0 Å². The number of rotatable bonds is 4. The Bertz CT molecular complexity index is 505. The van der Waals surface area contributed by atoms with Crippen LogP contribution in [0, 0.1) is 5.92 Å². The van der Waals surface area contributed by atoms with Crippen LogP contribution >= 0.6 is 0 Å². The van der Waals surface area contributed by atoms with E-state index < -0.39 is 25.1 Å².